The topological polar surface area (TPSA) is 61.7 Å². The van der Waals surface area contributed by atoms with Gasteiger partial charge in [0.15, 0.2) is 0 Å². The highest BCUT2D eigenvalue weighted by Gasteiger charge is 2.21. The van der Waals surface area contributed by atoms with Crippen molar-refractivity contribution in [1.82, 2.24) is 14.9 Å². The normalized spacial score (nSPS) is 16.4. The van der Waals surface area contributed by atoms with Gasteiger partial charge in [-0.25, -0.2) is 9.97 Å². The Kier molecular flexibility index (Phi) is 7.10. The molecule has 2 aromatic rings. The van der Waals surface area contributed by atoms with Crippen LogP contribution >= 0.6 is 11.6 Å². The molecule has 1 aromatic carbocycles. The lowest BCUT2D eigenvalue weighted by molar-refractivity contribution is 0.0658. The average molecular weight is 405 g/mol. The number of anilines is 1. The van der Waals surface area contributed by atoms with Crippen LogP contribution in [0, 0.1) is 6.92 Å². The van der Waals surface area contributed by atoms with Crippen molar-refractivity contribution in [3.05, 3.63) is 46.7 Å². The maximum atomic E-state index is 10.5. The molecular formula is C21H29ClN4O2. The molecule has 0 saturated carbocycles. The highest BCUT2D eigenvalue weighted by molar-refractivity contribution is 6.31. The maximum absolute atomic E-state index is 10.5. The van der Waals surface area contributed by atoms with E-state index in [1.54, 1.807) is 12.4 Å². The first kappa shape index (κ1) is 20.8. The number of ether oxygens (including phenoxy) is 1. The van der Waals surface area contributed by atoms with Crippen LogP contribution < -0.4 is 9.64 Å². The number of nitrogens with zero attached hydrogens (tertiary/aromatic N) is 4. The number of aryl methyl sites for hydroxylation is 1. The number of β-amino-alcohol motifs (C(OH)–C–C–N with tert-alkyl or cyclic N) is 1. The van der Waals surface area contributed by atoms with Gasteiger partial charge in [-0.1, -0.05) is 25.4 Å². The molecule has 28 heavy (non-hydrogen) atoms. The Balaban J connectivity index is 1.49. The number of halogens is 1. The van der Waals surface area contributed by atoms with Crippen molar-refractivity contribution in [3.63, 3.8) is 0 Å². The summed E-state index contributed by atoms with van der Waals surface area (Å²) in [6.07, 6.45) is 2.98. The maximum Gasteiger partial charge on any atom is 0.225 e. The summed E-state index contributed by atoms with van der Waals surface area (Å²) in [5, 5.41) is 11.2. The molecule has 0 spiro atoms. The largest absolute Gasteiger partial charge is 0.491 e. The molecule has 0 radical (unpaired) electrons. The Morgan fingerprint density at radius 1 is 1.14 bits per heavy atom. The second-order valence-corrected chi connectivity index (χ2v) is 8.00. The van der Waals surface area contributed by atoms with E-state index in [0.29, 0.717) is 12.5 Å². The molecule has 1 N–H and O–H groups in total. The Morgan fingerprint density at radius 2 is 1.82 bits per heavy atom. The van der Waals surface area contributed by atoms with Gasteiger partial charge in [0.2, 0.25) is 5.95 Å². The van der Waals surface area contributed by atoms with E-state index < -0.39 is 6.10 Å². The first-order chi connectivity index (χ1) is 13.4. The SMILES string of the molecule is Cc1cc(OC[C@@H](O)CN2CCN(c3ncccn3)CC2)c(C(C)C)cc1Cl. The number of aromatic nitrogens is 2. The van der Waals surface area contributed by atoms with E-state index in [0.717, 1.165) is 54.0 Å². The number of aliphatic hydroxyl groups is 1. The lowest BCUT2D eigenvalue weighted by atomic mass is 10.0. The van der Waals surface area contributed by atoms with Crippen molar-refractivity contribution in [2.45, 2.75) is 32.8 Å². The summed E-state index contributed by atoms with van der Waals surface area (Å²) < 4.78 is 5.96. The van der Waals surface area contributed by atoms with E-state index in [1.807, 2.05) is 25.1 Å². The van der Waals surface area contributed by atoms with E-state index >= 15 is 0 Å². The van der Waals surface area contributed by atoms with E-state index in [4.69, 9.17) is 16.3 Å². The zero-order valence-corrected chi connectivity index (χ0v) is 17.6. The molecule has 2 heterocycles. The van der Waals surface area contributed by atoms with Gasteiger partial charge in [0, 0.05) is 50.1 Å². The second-order valence-electron chi connectivity index (χ2n) is 7.60. The lowest BCUT2D eigenvalue weighted by Crippen LogP contribution is -2.49. The zero-order chi connectivity index (χ0) is 20.1. The third-order valence-electron chi connectivity index (χ3n) is 5.02. The van der Waals surface area contributed by atoms with Gasteiger partial charge in [0.05, 0.1) is 0 Å². The van der Waals surface area contributed by atoms with Crippen LogP contribution in [0.25, 0.3) is 0 Å². The predicted molar refractivity (Wildman–Crippen MR) is 112 cm³/mol. The highest BCUT2D eigenvalue weighted by Crippen LogP contribution is 2.32. The molecular weight excluding hydrogens is 376 g/mol. The lowest BCUT2D eigenvalue weighted by Gasteiger charge is -2.35. The predicted octanol–water partition coefficient (Wildman–Crippen LogP) is 3.12. The summed E-state index contributed by atoms with van der Waals surface area (Å²) in [6.45, 7) is 10.5. The van der Waals surface area contributed by atoms with Crippen molar-refractivity contribution >= 4 is 17.5 Å². The quantitative estimate of drug-likeness (QED) is 0.765. The van der Waals surface area contributed by atoms with Gasteiger partial charge in [-0.15, -0.1) is 0 Å². The van der Waals surface area contributed by atoms with Gasteiger partial charge in [-0.05, 0) is 42.2 Å². The molecule has 1 aliphatic heterocycles. The fourth-order valence-corrected chi connectivity index (χ4v) is 3.54. The molecule has 1 aromatic heterocycles. The van der Waals surface area contributed by atoms with Crippen LogP contribution in [0.4, 0.5) is 5.95 Å². The summed E-state index contributed by atoms with van der Waals surface area (Å²) >= 11 is 6.25. The average Bonchev–Trinajstić information content (AvgIpc) is 2.69. The van der Waals surface area contributed by atoms with Gasteiger partial charge in [-0.3, -0.25) is 4.90 Å². The summed E-state index contributed by atoms with van der Waals surface area (Å²) in [6, 6.07) is 5.75. The van der Waals surface area contributed by atoms with Crippen molar-refractivity contribution in [2.24, 2.45) is 0 Å². The molecule has 0 amide bonds. The van der Waals surface area contributed by atoms with Crippen LogP contribution in [-0.2, 0) is 0 Å². The van der Waals surface area contributed by atoms with E-state index in [1.165, 1.54) is 0 Å². The molecule has 3 rings (SSSR count). The molecule has 6 nitrogen and oxygen atoms in total. The minimum absolute atomic E-state index is 0.267. The number of rotatable bonds is 7. The fourth-order valence-electron chi connectivity index (χ4n) is 3.37. The van der Waals surface area contributed by atoms with Crippen LogP contribution in [-0.4, -0.2) is 65.4 Å². The molecule has 0 unspecified atom stereocenters. The summed E-state index contributed by atoms with van der Waals surface area (Å²) in [7, 11) is 0. The summed E-state index contributed by atoms with van der Waals surface area (Å²) in [5.41, 5.74) is 2.05. The number of piperazine rings is 1. The smallest absolute Gasteiger partial charge is 0.225 e. The van der Waals surface area contributed by atoms with Crippen molar-refractivity contribution in [3.8, 4) is 5.75 Å². The van der Waals surface area contributed by atoms with E-state index in [2.05, 4.69) is 33.6 Å². The van der Waals surface area contributed by atoms with Gasteiger partial charge in [0.25, 0.3) is 0 Å². The Bertz CT molecular complexity index is 765. The molecule has 0 bridgehead atoms. The molecule has 1 atom stereocenters. The first-order valence-electron chi connectivity index (χ1n) is 9.79. The third-order valence-corrected chi connectivity index (χ3v) is 5.43. The molecule has 1 saturated heterocycles. The molecule has 152 valence electrons. The number of aliphatic hydroxyl groups excluding tert-OH is 1. The number of hydrogen-bond donors (Lipinski definition) is 1. The standard InChI is InChI=1S/C21H29ClN4O2/c1-15(2)18-12-19(22)16(3)11-20(18)28-14-17(27)13-25-7-9-26(10-8-25)21-23-5-4-6-24-21/h4-6,11-12,15,17,27H,7-10,13-14H2,1-3H3/t17-/m0/s1. The molecule has 1 aliphatic rings. The van der Waals surface area contributed by atoms with Crippen molar-refractivity contribution < 1.29 is 9.84 Å². The van der Waals surface area contributed by atoms with Crippen molar-refractivity contribution in [2.75, 3.05) is 44.2 Å². The minimum Gasteiger partial charge on any atom is -0.491 e. The van der Waals surface area contributed by atoms with Crippen molar-refractivity contribution in [1.29, 1.82) is 0 Å². The van der Waals surface area contributed by atoms with E-state index in [9.17, 15) is 5.11 Å². The monoisotopic (exact) mass is 404 g/mol. The van der Waals surface area contributed by atoms with Crippen LogP contribution in [0.3, 0.4) is 0 Å². The Labute approximate surface area is 172 Å². The van der Waals surface area contributed by atoms with Gasteiger partial charge < -0.3 is 14.7 Å². The number of hydrogen-bond acceptors (Lipinski definition) is 6. The van der Waals surface area contributed by atoms with Crippen LogP contribution in [0.2, 0.25) is 5.02 Å². The van der Waals surface area contributed by atoms with Gasteiger partial charge >= 0.3 is 0 Å². The van der Waals surface area contributed by atoms with E-state index in [-0.39, 0.29) is 6.61 Å². The van der Waals surface area contributed by atoms with Crippen LogP contribution in [0.15, 0.2) is 30.6 Å². The van der Waals surface area contributed by atoms with Gasteiger partial charge in [-0.2, -0.15) is 0 Å². The molecule has 0 aliphatic carbocycles. The zero-order valence-electron chi connectivity index (χ0n) is 16.8. The molecule has 7 heteroatoms. The second kappa shape index (κ2) is 9.54. The Morgan fingerprint density at radius 3 is 2.46 bits per heavy atom. The summed E-state index contributed by atoms with van der Waals surface area (Å²) in [4.78, 5) is 13.0. The third kappa shape index (κ3) is 5.34. The number of benzene rings is 1. The highest BCUT2D eigenvalue weighted by atomic mass is 35.5. The Hall–Kier alpha value is -1.89. The molecule has 1 fully saturated rings. The van der Waals surface area contributed by atoms with Crippen LogP contribution in [0.1, 0.15) is 30.9 Å². The van der Waals surface area contributed by atoms with Crippen LogP contribution in [0.5, 0.6) is 5.75 Å². The fraction of sp³-hybridized carbons (Fsp3) is 0.524. The first-order valence-corrected chi connectivity index (χ1v) is 10.2. The minimum atomic E-state index is -0.546. The van der Waals surface area contributed by atoms with Gasteiger partial charge in [0.1, 0.15) is 18.5 Å². The summed E-state index contributed by atoms with van der Waals surface area (Å²) in [5.74, 6) is 1.88.